The number of non-ortho nitro benzene ring substituents is 1. The van der Waals surface area contributed by atoms with Crippen LogP contribution >= 0.6 is 11.6 Å². The number of hydrogen-bond acceptors (Lipinski definition) is 6. The number of hydrogen-bond donors (Lipinski definition) is 1. The Morgan fingerprint density at radius 2 is 1.65 bits per heavy atom. The van der Waals surface area contributed by atoms with Gasteiger partial charge in [-0.05, 0) is 41.1 Å². The molecule has 1 amide bonds. The number of nitrogens with zero attached hydrogens (tertiary/aromatic N) is 2. The molecule has 168 valence electrons. The van der Waals surface area contributed by atoms with E-state index >= 15 is 0 Å². The minimum atomic E-state index is -0.634. The summed E-state index contributed by atoms with van der Waals surface area (Å²) in [6.45, 7) is 0. The first kappa shape index (κ1) is 22.6. The van der Waals surface area contributed by atoms with Gasteiger partial charge in [-0.15, -0.1) is 0 Å². The summed E-state index contributed by atoms with van der Waals surface area (Å²) < 4.78 is 5.61. The third kappa shape index (κ3) is 4.92. The lowest BCUT2D eigenvalue weighted by molar-refractivity contribution is -0.384. The van der Waals surface area contributed by atoms with Crippen molar-refractivity contribution in [3.63, 3.8) is 0 Å². The van der Waals surface area contributed by atoms with E-state index in [9.17, 15) is 19.7 Å². The predicted molar refractivity (Wildman–Crippen MR) is 129 cm³/mol. The van der Waals surface area contributed by atoms with Crippen molar-refractivity contribution in [1.29, 1.82) is 0 Å². The molecule has 0 bridgehead atoms. The Morgan fingerprint density at radius 1 is 0.941 bits per heavy atom. The number of benzene rings is 4. The van der Waals surface area contributed by atoms with Gasteiger partial charge >= 0.3 is 5.97 Å². The second kappa shape index (κ2) is 9.93. The van der Waals surface area contributed by atoms with Crippen LogP contribution in [0.4, 0.5) is 5.69 Å². The molecular formula is C25H16ClN3O5. The Hall–Kier alpha value is -4.56. The van der Waals surface area contributed by atoms with Crippen LogP contribution in [0.5, 0.6) is 5.75 Å². The summed E-state index contributed by atoms with van der Waals surface area (Å²) >= 11 is 6.11. The van der Waals surface area contributed by atoms with Crippen molar-refractivity contribution in [2.24, 2.45) is 5.10 Å². The number of nitrogens with one attached hydrogen (secondary N) is 1. The standard InChI is InChI=1S/C25H16ClN3O5/c26-22-8-4-3-7-20(22)25(31)34-23-14-11-16-5-1-2-6-19(16)21(23)15-27-28-24(30)17-9-12-18(13-10-17)29(32)33/h1-15H,(H,28,30). The highest BCUT2D eigenvalue weighted by Crippen LogP contribution is 2.28. The first-order valence-corrected chi connectivity index (χ1v) is 10.4. The van der Waals surface area contributed by atoms with E-state index in [1.807, 2.05) is 24.3 Å². The van der Waals surface area contributed by atoms with Gasteiger partial charge < -0.3 is 4.74 Å². The summed E-state index contributed by atoms with van der Waals surface area (Å²) in [6.07, 6.45) is 1.38. The van der Waals surface area contributed by atoms with Gasteiger partial charge in [-0.3, -0.25) is 14.9 Å². The molecule has 34 heavy (non-hydrogen) atoms. The van der Waals surface area contributed by atoms with Crippen molar-refractivity contribution in [3.8, 4) is 5.75 Å². The van der Waals surface area contributed by atoms with Crippen molar-refractivity contribution >= 4 is 46.2 Å². The first-order valence-electron chi connectivity index (χ1n) is 10.0. The second-order valence-corrected chi connectivity index (χ2v) is 7.48. The van der Waals surface area contributed by atoms with E-state index in [0.29, 0.717) is 5.56 Å². The minimum absolute atomic E-state index is 0.124. The highest BCUT2D eigenvalue weighted by Gasteiger charge is 2.16. The van der Waals surface area contributed by atoms with Gasteiger partial charge in [-0.2, -0.15) is 5.10 Å². The summed E-state index contributed by atoms with van der Waals surface area (Å²) in [7, 11) is 0. The van der Waals surface area contributed by atoms with Gasteiger partial charge in [0.05, 0.1) is 21.7 Å². The van der Waals surface area contributed by atoms with E-state index in [1.54, 1.807) is 36.4 Å². The van der Waals surface area contributed by atoms with E-state index in [1.165, 1.54) is 30.5 Å². The molecule has 0 unspecified atom stereocenters. The number of fused-ring (bicyclic) bond motifs is 1. The number of carbonyl (C=O) groups excluding carboxylic acids is 2. The quantitative estimate of drug-likeness (QED) is 0.133. The van der Waals surface area contributed by atoms with Gasteiger partial charge in [0.15, 0.2) is 0 Å². The maximum Gasteiger partial charge on any atom is 0.345 e. The Balaban J connectivity index is 1.61. The minimum Gasteiger partial charge on any atom is -0.422 e. The van der Waals surface area contributed by atoms with Gasteiger partial charge in [0.1, 0.15) is 5.75 Å². The molecule has 9 heteroatoms. The Morgan fingerprint density at radius 3 is 2.38 bits per heavy atom. The Bertz CT molecular complexity index is 1430. The molecule has 0 radical (unpaired) electrons. The number of ether oxygens (including phenoxy) is 1. The summed E-state index contributed by atoms with van der Waals surface area (Å²) in [5.41, 5.74) is 3.15. The summed E-state index contributed by atoms with van der Waals surface area (Å²) in [4.78, 5) is 35.3. The normalized spacial score (nSPS) is 10.9. The number of hydrazone groups is 1. The Kier molecular flexibility index (Phi) is 6.61. The van der Waals surface area contributed by atoms with Crippen LogP contribution in [0.2, 0.25) is 5.02 Å². The highest BCUT2D eigenvalue weighted by molar-refractivity contribution is 6.33. The van der Waals surface area contributed by atoms with E-state index in [2.05, 4.69) is 10.5 Å². The molecule has 0 saturated carbocycles. The van der Waals surface area contributed by atoms with Crippen molar-refractivity contribution in [2.75, 3.05) is 0 Å². The molecule has 0 spiro atoms. The fourth-order valence-corrected chi connectivity index (χ4v) is 3.45. The summed E-state index contributed by atoms with van der Waals surface area (Å²) in [6, 6.07) is 22.5. The molecule has 1 N–H and O–H groups in total. The number of rotatable bonds is 6. The van der Waals surface area contributed by atoms with Gasteiger partial charge in [0, 0.05) is 23.3 Å². The van der Waals surface area contributed by atoms with Crippen LogP contribution in [0.25, 0.3) is 10.8 Å². The summed E-state index contributed by atoms with van der Waals surface area (Å²) in [5, 5.41) is 16.7. The number of nitro groups is 1. The van der Waals surface area contributed by atoms with Crippen LogP contribution in [0.15, 0.2) is 90.0 Å². The van der Waals surface area contributed by atoms with E-state index < -0.39 is 16.8 Å². The van der Waals surface area contributed by atoms with Crippen LogP contribution in [0, 0.1) is 10.1 Å². The lowest BCUT2D eigenvalue weighted by Gasteiger charge is -2.11. The Labute approximate surface area is 198 Å². The van der Waals surface area contributed by atoms with Crippen LogP contribution < -0.4 is 10.2 Å². The fourth-order valence-electron chi connectivity index (χ4n) is 3.23. The van der Waals surface area contributed by atoms with Crippen LogP contribution in [-0.4, -0.2) is 23.0 Å². The molecule has 0 atom stereocenters. The van der Waals surface area contributed by atoms with Crippen molar-refractivity contribution in [1.82, 2.24) is 5.43 Å². The van der Waals surface area contributed by atoms with Crippen molar-refractivity contribution in [3.05, 3.63) is 117 Å². The number of halogens is 1. The topological polar surface area (TPSA) is 111 Å². The number of esters is 1. The molecule has 0 fully saturated rings. The second-order valence-electron chi connectivity index (χ2n) is 7.07. The zero-order valence-corrected chi connectivity index (χ0v) is 18.2. The molecule has 0 aliphatic rings. The SMILES string of the molecule is O=C(NN=Cc1c(OC(=O)c2ccccc2Cl)ccc2ccccc12)c1ccc([N+](=O)[O-])cc1. The molecule has 0 heterocycles. The maximum absolute atomic E-state index is 12.7. The smallest absolute Gasteiger partial charge is 0.345 e. The molecule has 0 aliphatic heterocycles. The number of nitro benzene ring substituents is 1. The fraction of sp³-hybridized carbons (Fsp3) is 0. The van der Waals surface area contributed by atoms with Gasteiger partial charge in [-0.25, -0.2) is 10.2 Å². The molecule has 8 nitrogen and oxygen atoms in total. The first-order chi connectivity index (χ1) is 16.4. The van der Waals surface area contributed by atoms with Gasteiger partial charge in [-0.1, -0.05) is 54.1 Å². The van der Waals surface area contributed by atoms with E-state index in [4.69, 9.17) is 16.3 Å². The molecule has 0 aliphatic carbocycles. The van der Waals surface area contributed by atoms with Crippen molar-refractivity contribution in [2.45, 2.75) is 0 Å². The van der Waals surface area contributed by atoms with Crippen molar-refractivity contribution < 1.29 is 19.2 Å². The number of amides is 1. The van der Waals surface area contributed by atoms with Gasteiger partial charge in [0.25, 0.3) is 11.6 Å². The summed E-state index contributed by atoms with van der Waals surface area (Å²) in [5.74, 6) is -0.955. The van der Waals surface area contributed by atoms with Crippen LogP contribution in [0.3, 0.4) is 0 Å². The van der Waals surface area contributed by atoms with Crippen LogP contribution in [0.1, 0.15) is 26.3 Å². The third-order valence-electron chi connectivity index (χ3n) is 4.93. The monoisotopic (exact) mass is 473 g/mol. The molecule has 4 aromatic carbocycles. The largest absolute Gasteiger partial charge is 0.422 e. The van der Waals surface area contributed by atoms with E-state index in [-0.39, 0.29) is 27.6 Å². The molecular weight excluding hydrogens is 458 g/mol. The zero-order valence-electron chi connectivity index (χ0n) is 17.5. The molecule has 0 aromatic heterocycles. The average molecular weight is 474 g/mol. The highest BCUT2D eigenvalue weighted by atomic mass is 35.5. The van der Waals surface area contributed by atoms with Crippen LogP contribution in [-0.2, 0) is 0 Å². The average Bonchev–Trinajstić information content (AvgIpc) is 2.85. The van der Waals surface area contributed by atoms with E-state index in [0.717, 1.165) is 10.8 Å². The molecule has 4 aromatic rings. The predicted octanol–water partition coefficient (Wildman–Crippen LogP) is 5.38. The third-order valence-corrected chi connectivity index (χ3v) is 5.26. The zero-order chi connectivity index (χ0) is 24.1. The molecule has 4 rings (SSSR count). The lowest BCUT2D eigenvalue weighted by Crippen LogP contribution is -2.17. The number of carbonyl (C=O) groups is 2. The van der Waals surface area contributed by atoms with Gasteiger partial charge in [0.2, 0.25) is 0 Å². The lowest BCUT2D eigenvalue weighted by atomic mass is 10.0. The maximum atomic E-state index is 12.7. The molecule has 0 saturated heterocycles.